The number of pyridine rings is 1. The van der Waals surface area contributed by atoms with Crippen LogP contribution in [0, 0.1) is 6.92 Å². The Balaban J connectivity index is 1.68. The van der Waals surface area contributed by atoms with Crippen LogP contribution in [-0.2, 0) is 6.54 Å². The van der Waals surface area contributed by atoms with Crippen molar-refractivity contribution >= 4 is 34.5 Å². The fourth-order valence-corrected chi connectivity index (χ4v) is 3.17. The van der Waals surface area contributed by atoms with Crippen molar-refractivity contribution in [1.82, 2.24) is 34.5 Å². The summed E-state index contributed by atoms with van der Waals surface area (Å²) in [4.78, 5) is 21.3. The van der Waals surface area contributed by atoms with Gasteiger partial charge >= 0.3 is 0 Å². The smallest absolute Gasteiger partial charge is 0.228 e. The highest BCUT2D eigenvalue weighted by Crippen LogP contribution is 2.23. The van der Waals surface area contributed by atoms with Gasteiger partial charge in [-0.1, -0.05) is 25.6 Å². The van der Waals surface area contributed by atoms with Crippen LogP contribution in [-0.4, -0.2) is 40.8 Å². The molecule has 8 nitrogen and oxygen atoms in total. The number of H-pyrrole nitrogens is 1. The van der Waals surface area contributed by atoms with Crippen LogP contribution in [0.1, 0.15) is 36.7 Å². The third kappa shape index (κ3) is 2.88. The minimum Gasteiger partial charge on any atom is -0.347 e. The zero-order valence-corrected chi connectivity index (χ0v) is 15.9. The summed E-state index contributed by atoms with van der Waals surface area (Å²) in [6, 6.07) is 1.97. The Labute approximate surface area is 154 Å². The van der Waals surface area contributed by atoms with E-state index in [2.05, 4.69) is 49.2 Å². The predicted molar refractivity (Wildman–Crippen MR) is 103 cm³/mol. The third-order valence-electron chi connectivity index (χ3n) is 4.24. The second-order valence-electron chi connectivity index (χ2n) is 6.39. The molecule has 0 unspecified atom stereocenters. The topological polar surface area (TPSA) is 96.7 Å². The molecule has 0 bridgehead atoms. The monoisotopic (exact) mass is 368 g/mol. The molecule has 0 radical (unpaired) electrons. The summed E-state index contributed by atoms with van der Waals surface area (Å²) < 4.78 is 1.75. The maximum atomic E-state index is 4.62. The highest BCUT2D eigenvalue weighted by atomic mass is 32.2. The molecule has 0 fully saturated rings. The van der Waals surface area contributed by atoms with Gasteiger partial charge in [0.05, 0.1) is 18.3 Å². The first kappa shape index (κ1) is 16.8. The fraction of sp³-hybridized carbons (Fsp3) is 0.353. The van der Waals surface area contributed by atoms with E-state index in [-0.39, 0.29) is 0 Å². The molecule has 0 spiro atoms. The molecule has 4 rings (SSSR count). The van der Waals surface area contributed by atoms with Gasteiger partial charge in [-0.25, -0.2) is 15.0 Å². The number of nitrogens with zero attached hydrogens (tertiary/aromatic N) is 6. The molecular weight excluding hydrogens is 348 g/mol. The zero-order valence-electron chi connectivity index (χ0n) is 15.1. The summed E-state index contributed by atoms with van der Waals surface area (Å²) in [5, 5.41) is 8.50. The van der Waals surface area contributed by atoms with Crippen molar-refractivity contribution in [2.75, 3.05) is 11.6 Å². The van der Waals surface area contributed by atoms with Gasteiger partial charge in [-0.3, -0.25) is 0 Å². The Hall–Kier alpha value is -2.68. The first-order valence-corrected chi connectivity index (χ1v) is 9.63. The molecule has 0 aliphatic heterocycles. The minimum absolute atomic E-state index is 0.342. The summed E-state index contributed by atoms with van der Waals surface area (Å²) in [7, 11) is 0. The van der Waals surface area contributed by atoms with Gasteiger partial charge in [0, 0.05) is 11.8 Å². The second-order valence-corrected chi connectivity index (χ2v) is 7.16. The molecule has 4 aromatic rings. The van der Waals surface area contributed by atoms with Crippen molar-refractivity contribution < 1.29 is 0 Å². The first-order chi connectivity index (χ1) is 12.6. The standard InChI is InChI=1S/C17H20N8S/c1-9(2)11-7-20-25-15(11)23-17(26-4)24-16(25)19-8-12-21-13-10(3)5-6-18-14(13)22-12/h5-7,9H,8H2,1-4H3,(H,18,21,22)(H,19,23,24). The van der Waals surface area contributed by atoms with Gasteiger partial charge in [0.1, 0.15) is 5.82 Å². The molecule has 0 saturated carbocycles. The molecule has 134 valence electrons. The molecule has 9 heteroatoms. The van der Waals surface area contributed by atoms with Gasteiger partial charge in [0.2, 0.25) is 5.95 Å². The quantitative estimate of drug-likeness (QED) is 0.522. The lowest BCUT2D eigenvalue weighted by Crippen LogP contribution is -2.10. The van der Waals surface area contributed by atoms with E-state index in [9.17, 15) is 0 Å². The SMILES string of the molecule is CSc1nc(NCc2nc3nccc(C)c3[nH]2)n2ncc(C(C)C)c2n1. The number of aromatic nitrogens is 7. The molecule has 4 heterocycles. The maximum Gasteiger partial charge on any atom is 0.228 e. The number of hydrogen-bond acceptors (Lipinski definition) is 7. The second kappa shape index (κ2) is 6.56. The van der Waals surface area contributed by atoms with Crippen molar-refractivity contribution in [3.8, 4) is 0 Å². The number of thioether (sulfide) groups is 1. The summed E-state index contributed by atoms with van der Waals surface area (Å²) in [5.74, 6) is 1.79. The largest absolute Gasteiger partial charge is 0.347 e. The average Bonchev–Trinajstić information content (AvgIpc) is 3.24. The van der Waals surface area contributed by atoms with Gasteiger partial charge in [-0.2, -0.15) is 14.6 Å². The van der Waals surface area contributed by atoms with Crippen LogP contribution < -0.4 is 5.32 Å². The van der Waals surface area contributed by atoms with Gasteiger partial charge in [0.25, 0.3) is 0 Å². The van der Waals surface area contributed by atoms with E-state index < -0.39 is 0 Å². The summed E-state index contributed by atoms with van der Waals surface area (Å²) in [6.07, 6.45) is 5.60. The average molecular weight is 368 g/mol. The fourth-order valence-electron chi connectivity index (χ4n) is 2.82. The van der Waals surface area contributed by atoms with Crippen LogP contribution in [0.25, 0.3) is 16.8 Å². The number of aromatic amines is 1. The normalized spacial score (nSPS) is 11.7. The molecule has 0 aromatic carbocycles. The number of imidazole rings is 1. The number of fused-ring (bicyclic) bond motifs is 2. The Bertz CT molecular complexity index is 1080. The number of anilines is 1. The van der Waals surface area contributed by atoms with Crippen molar-refractivity contribution in [3.05, 3.63) is 35.4 Å². The lowest BCUT2D eigenvalue weighted by Gasteiger charge is -2.08. The van der Waals surface area contributed by atoms with E-state index in [1.807, 2.05) is 25.4 Å². The lowest BCUT2D eigenvalue weighted by molar-refractivity contribution is 0.818. The van der Waals surface area contributed by atoms with E-state index in [1.54, 1.807) is 10.7 Å². The zero-order chi connectivity index (χ0) is 18.3. The van der Waals surface area contributed by atoms with Crippen molar-refractivity contribution in [3.63, 3.8) is 0 Å². The Morgan fingerprint density at radius 2 is 2.12 bits per heavy atom. The summed E-state index contributed by atoms with van der Waals surface area (Å²) >= 11 is 1.51. The van der Waals surface area contributed by atoms with Crippen molar-refractivity contribution in [1.29, 1.82) is 0 Å². The Morgan fingerprint density at radius 3 is 2.85 bits per heavy atom. The number of nitrogens with one attached hydrogen (secondary N) is 2. The number of hydrogen-bond donors (Lipinski definition) is 2. The molecule has 0 aliphatic rings. The third-order valence-corrected chi connectivity index (χ3v) is 4.79. The van der Waals surface area contributed by atoms with Crippen LogP contribution in [0.5, 0.6) is 0 Å². The van der Waals surface area contributed by atoms with E-state index >= 15 is 0 Å². The number of aryl methyl sites for hydroxylation is 1. The Kier molecular flexibility index (Phi) is 4.23. The number of rotatable bonds is 5. The lowest BCUT2D eigenvalue weighted by atomic mass is 10.1. The molecule has 0 saturated heterocycles. The molecule has 0 amide bonds. The first-order valence-electron chi connectivity index (χ1n) is 8.40. The molecule has 4 aromatic heterocycles. The van der Waals surface area contributed by atoms with Crippen molar-refractivity contribution in [2.24, 2.45) is 0 Å². The predicted octanol–water partition coefficient (Wildman–Crippen LogP) is 3.16. The molecule has 0 aliphatic carbocycles. The van der Waals surface area contributed by atoms with E-state index in [4.69, 9.17) is 0 Å². The van der Waals surface area contributed by atoms with Crippen LogP contribution in [0.2, 0.25) is 0 Å². The highest BCUT2D eigenvalue weighted by Gasteiger charge is 2.15. The molecule has 26 heavy (non-hydrogen) atoms. The molecule has 0 atom stereocenters. The molecule has 2 N–H and O–H groups in total. The Morgan fingerprint density at radius 1 is 1.27 bits per heavy atom. The minimum atomic E-state index is 0.342. The van der Waals surface area contributed by atoms with Crippen LogP contribution in [0.4, 0.5) is 5.95 Å². The van der Waals surface area contributed by atoms with E-state index in [0.29, 0.717) is 23.6 Å². The van der Waals surface area contributed by atoms with Gasteiger partial charge in [0.15, 0.2) is 16.5 Å². The van der Waals surface area contributed by atoms with E-state index in [1.165, 1.54) is 11.8 Å². The summed E-state index contributed by atoms with van der Waals surface area (Å²) in [5.41, 5.74) is 4.75. The van der Waals surface area contributed by atoms with E-state index in [0.717, 1.165) is 33.8 Å². The molecular formula is C17H20N8S. The summed E-state index contributed by atoms with van der Waals surface area (Å²) in [6.45, 7) is 6.80. The van der Waals surface area contributed by atoms with Crippen molar-refractivity contribution in [2.45, 2.75) is 38.4 Å². The van der Waals surface area contributed by atoms with Crippen LogP contribution in [0.15, 0.2) is 23.6 Å². The van der Waals surface area contributed by atoms with Gasteiger partial charge in [-0.15, -0.1) is 0 Å². The van der Waals surface area contributed by atoms with Crippen LogP contribution >= 0.6 is 11.8 Å². The van der Waals surface area contributed by atoms with Crippen LogP contribution in [0.3, 0.4) is 0 Å². The maximum absolute atomic E-state index is 4.62. The van der Waals surface area contributed by atoms with Gasteiger partial charge in [-0.05, 0) is 30.7 Å². The van der Waals surface area contributed by atoms with Gasteiger partial charge < -0.3 is 10.3 Å². The highest BCUT2D eigenvalue weighted by molar-refractivity contribution is 7.98.